The van der Waals surface area contributed by atoms with Gasteiger partial charge in [-0.3, -0.25) is 0 Å². The Morgan fingerprint density at radius 1 is 1.21 bits per heavy atom. The van der Waals surface area contributed by atoms with Crippen molar-refractivity contribution in [1.82, 2.24) is 0 Å². The number of terminal acetylenes is 1. The van der Waals surface area contributed by atoms with Gasteiger partial charge in [-0.2, -0.15) is 0 Å². The summed E-state index contributed by atoms with van der Waals surface area (Å²) in [6.45, 7) is 14.1. The second kappa shape index (κ2) is 9.39. The summed E-state index contributed by atoms with van der Waals surface area (Å²) in [5, 5.41) is 0. The van der Waals surface area contributed by atoms with Gasteiger partial charge in [0.2, 0.25) is 0 Å². The van der Waals surface area contributed by atoms with E-state index in [4.69, 9.17) is 10.8 Å². The van der Waals surface area contributed by atoms with E-state index in [1.807, 2.05) is 0 Å². The van der Waals surface area contributed by atoms with Gasteiger partial charge in [0.25, 0.3) is 0 Å². The minimum absolute atomic E-state index is 0.311. The Hall–Kier alpha value is -0.523. The Kier molecular flexibility index (Phi) is 9.13. The van der Waals surface area contributed by atoms with Gasteiger partial charge in [0.15, 0.2) is 8.32 Å². The maximum atomic E-state index is 6.32. The van der Waals surface area contributed by atoms with Crippen LogP contribution in [0.3, 0.4) is 0 Å². The summed E-state index contributed by atoms with van der Waals surface area (Å²) in [5.74, 6) is 3.64. The number of hydrogen-bond acceptors (Lipinski definition) is 1. The second-order valence-electron chi connectivity index (χ2n) is 5.57. The Bertz CT molecular complexity index is 301. The molecule has 19 heavy (non-hydrogen) atoms. The van der Waals surface area contributed by atoms with Crippen LogP contribution < -0.4 is 0 Å². The molecular weight excluding hydrogens is 248 g/mol. The summed E-state index contributed by atoms with van der Waals surface area (Å²) >= 11 is 0. The summed E-state index contributed by atoms with van der Waals surface area (Å²) in [7, 11) is -1.46. The lowest BCUT2D eigenvalue weighted by Gasteiger charge is -2.28. The molecule has 0 aromatic heterocycles. The summed E-state index contributed by atoms with van der Waals surface area (Å²) in [6.07, 6.45) is 8.95. The average Bonchev–Trinajstić information content (AvgIpc) is 2.46. The fraction of sp³-hybridized carbons (Fsp3) is 0.765. The minimum atomic E-state index is -1.46. The van der Waals surface area contributed by atoms with Crippen LogP contribution in [-0.2, 0) is 4.43 Å². The van der Waals surface area contributed by atoms with Gasteiger partial charge in [0.05, 0.1) is 6.61 Å². The largest absolute Gasteiger partial charge is 0.413 e. The van der Waals surface area contributed by atoms with Crippen LogP contribution in [0.25, 0.3) is 0 Å². The highest BCUT2D eigenvalue weighted by molar-refractivity contribution is 6.73. The van der Waals surface area contributed by atoms with Crippen molar-refractivity contribution in [1.29, 1.82) is 0 Å². The molecule has 0 saturated carbocycles. The zero-order valence-electron chi connectivity index (χ0n) is 13.8. The second-order valence-corrected chi connectivity index (χ2v) is 10.3. The first-order chi connectivity index (χ1) is 8.98. The van der Waals surface area contributed by atoms with Gasteiger partial charge in [-0.15, -0.1) is 12.3 Å². The molecule has 0 amide bonds. The van der Waals surface area contributed by atoms with Crippen molar-refractivity contribution in [2.75, 3.05) is 6.61 Å². The molecule has 0 radical (unpaired) electrons. The molecule has 2 heteroatoms. The van der Waals surface area contributed by atoms with E-state index in [2.05, 4.69) is 53.5 Å². The van der Waals surface area contributed by atoms with Crippen molar-refractivity contribution in [3.8, 4) is 12.3 Å². The predicted molar refractivity (Wildman–Crippen MR) is 88.7 cm³/mol. The van der Waals surface area contributed by atoms with Crippen LogP contribution in [0.1, 0.15) is 48.0 Å². The highest BCUT2D eigenvalue weighted by Gasteiger charge is 2.28. The minimum Gasteiger partial charge on any atom is -0.413 e. The van der Waals surface area contributed by atoms with Crippen LogP contribution in [0, 0.1) is 24.2 Å². The molecule has 0 aliphatic heterocycles. The van der Waals surface area contributed by atoms with Crippen molar-refractivity contribution in [2.24, 2.45) is 11.8 Å². The first kappa shape index (κ1) is 18.5. The van der Waals surface area contributed by atoms with E-state index in [1.165, 1.54) is 23.7 Å². The molecule has 0 spiro atoms. The van der Waals surface area contributed by atoms with E-state index in [1.54, 1.807) is 0 Å². The van der Waals surface area contributed by atoms with E-state index in [0.29, 0.717) is 11.8 Å². The number of rotatable bonds is 9. The van der Waals surface area contributed by atoms with Gasteiger partial charge < -0.3 is 4.43 Å². The van der Waals surface area contributed by atoms with Crippen LogP contribution in [0.5, 0.6) is 0 Å². The Morgan fingerprint density at radius 3 is 2.11 bits per heavy atom. The molecular formula is C17H32OSi. The quantitative estimate of drug-likeness (QED) is 0.318. The maximum absolute atomic E-state index is 6.32. The molecule has 0 N–H and O–H groups in total. The zero-order chi connectivity index (χ0) is 14.9. The van der Waals surface area contributed by atoms with Crippen LogP contribution in [0.15, 0.2) is 11.6 Å². The van der Waals surface area contributed by atoms with Crippen LogP contribution in [-0.4, -0.2) is 14.9 Å². The third-order valence-corrected chi connectivity index (χ3v) is 9.04. The fourth-order valence-corrected chi connectivity index (χ4v) is 5.12. The van der Waals surface area contributed by atoms with E-state index >= 15 is 0 Å². The fourth-order valence-electron chi connectivity index (χ4n) is 2.48. The van der Waals surface area contributed by atoms with Crippen molar-refractivity contribution in [3.05, 3.63) is 11.6 Å². The normalized spacial score (nSPS) is 15.9. The van der Waals surface area contributed by atoms with Crippen molar-refractivity contribution >= 4 is 8.32 Å². The van der Waals surface area contributed by atoms with Gasteiger partial charge in [0.1, 0.15) is 0 Å². The summed E-state index contributed by atoms with van der Waals surface area (Å²) in [6, 6.07) is 3.64. The van der Waals surface area contributed by atoms with Crippen LogP contribution in [0.2, 0.25) is 18.1 Å². The Balaban J connectivity index is 4.60. The lowest BCUT2D eigenvalue weighted by Crippen LogP contribution is -2.36. The van der Waals surface area contributed by atoms with Crippen molar-refractivity contribution in [3.63, 3.8) is 0 Å². The van der Waals surface area contributed by atoms with Gasteiger partial charge in [-0.1, -0.05) is 46.3 Å². The van der Waals surface area contributed by atoms with Crippen molar-refractivity contribution in [2.45, 2.75) is 66.1 Å². The zero-order valence-corrected chi connectivity index (χ0v) is 14.8. The molecule has 0 bridgehead atoms. The highest BCUT2D eigenvalue weighted by Crippen LogP contribution is 2.23. The van der Waals surface area contributed by atoms with Gasteiger partial charge >= 0.3 is 0 Å². The third-order valence-electron chi connectivity index (χ3n) is 4.41. The van der Waals surface area contributed by atoms with Gasteiger partial charge in [-0.25, -0.2) is 0 Å². The molecule has 0 rings (SSSR count). The van der Waals surface area contributed by atoms with Gasteiger partial charge in [0, 0.05) is 5.92 Å². The first-order valence-corrected chi connectivity index (χ1v) is 10.3. The number of allylic oxidation sites excluding steroid dienone is 1. The molecule has 0 aliphatic rings. The van der Waals surface area contributed by atoms with Crippen molar-refractivity contribution < 1.29 is 4.43 Å². The Labute approximate surface area is 122 Å². The molecule has 0 aromatic carbocycles. The Morgan fingerprint density at radius 2 is 1.74 bits per heavy atom. The maximum Gasteiger partial charge on any atom is 0.192 e. The monoisotopic (exact) mass is 280 g/mol. The molecule has 0 aliphatic carbocycles. The van der Waals surface area contributed by atoms with Gasteiger partial charge in [-0.05, 0) is 37.4 Å². The molecule has 0 aromatic rings. The van der Waals surface area contributed by atoms with Crippen LogP contribution in [0.4, 0.5) is 0 Å². The summed E-state index contributed by atoms with van der Waals surface area (Å²) < 4.78 is 6.32. The molecule has 0 heterocycles. The lowest BCUT2D eigenvalue weighted by molar-refractivity contribution is 0.330. The summed E-state index contributed by atoms with van der Waals surface area (Å²) in [5.41, 5.74) is 1.33. The average molecular weight is 281 g/mol. The van der Waals surface area contributed by atoms with E-state index in [9.17, 15) is 0 Å². The molecule has 2 atom stereocenters. The van der Waals surface area contributed by atoms with E-state index < -0.39 is 8.32 Å². The smallest absolute Gasteiger partial charge is 0.192 e. The van der Waals surface area contributed by atoms with E-state index in [0.717, 1.165) is 13.0 Å². The molecule has 110 valence electrons. The first-order valence-electron chi connectivity index (χ1n) is 7.75. The topological polar surface area (TPSA) is 9.23 Å². The molecule has 0 saturated heterocycles. The number of hydrogen-bond donors (Lipinski definition) is 0. The SMILES string of the molecule is C#C[C@H](C)[C@H](/C=C(\C)CO[Si](CC)(CC)CC)CC. The molecule has 1 nitrogen and oxygen atoms in total. The molecule has 0 fully saturated rings. The molecule has 0 unspecified atom stereocenters. The highest BCUT2D eigenvalue weighted by atomic mass is 28.4. The predicted octanol–water partition coefficient (Wildman–Crippen LogP) is 5.25. The van der Waals surface area contributed by atoms with E-state index in [-0.39, 0.29) is 0 Å². The summed E-state index contributed by atoms with van der Waals surface area (Å²) in [4.78, 5) is 0. The lowest BCUT2D eigenvalue weighted by atomic mass is 9.90. The van der Waals surface area contributed by atoms with Crippen LogP contribution >= 0.6 is 0 Å². The third kappa shape index (κ3) is 5.97. The standard InChI is InChI=1S/C17H32OSi/c1-8-16(7)17(9-2)13-15(6)14-18-19(10-3,11-4)12-5/h1,13,16-17H,9-12,14H2,2-7H3/b15-13+/t16-,17-/m0/s1.